The highest BCUT2D eigenvalue weighted by Gasteiger charge is 2.50. The Hall–Kier alpha value is -5.91. The molecule has 1 aliphatic carbocycles. The highest BCUT2D eigenvalue weighted by molar-refractivity contribution is 7.92. The smallest absolute Gasteiger partial charge is 0.290 e. The normalized spacial score (nSPS) is 18.6. The molecular weight excluding hydrogens is 864 g/mol. The average Bonchev–Trinajstić information content (AvgIpc) is 3.94. The van der Waals surface area contributed by atoms with Crippen LogP contribution in [0.5, 0.6) is 0 Å². The van der Waals surface area contributed by atoms with Crippen LogP contribution in [0.3, 0.4) is 0 Å². The number of alkyl halides is 4. The Morgan fingerprint density at radius 2 is 1.81 bits per heavy atom. The van der Waals surface area contributed by atoms with Gasteiger partial charge in [0.2, 0.25) is 15.9 Å². The van der Waals surface area contributed by atoms with Gasteiger partial charge in [0.05, 0.1) is 40.5 Å². The number of benzene rings is 2. The van der Waals surface area contributed by atoms with Gasteiger partial charge in [-0.25, -0.2) is 35.9 Å². The number of amides is 1. The van der Waals surface area contributed by atoms with Crippen molar-refractivity contribution < 1.29 is 44.3 Å². The first-order chi connectivity index (χ1) is 29.2. The van der Waals surface area contributed by atoms with Gasteiger partial charge in [-0.2, -0.15) is 19.0 Å². The number of rotatable bonds is 10. The SMILES string of the molecule is C[C@H]1CC(F)(F)c2c1c(C(F)F)nn2CC(=O)NC(Cc1cc(F)cc(F)c1)c1nc(C#CC2(C)OCCn3ccnc32)ccc1-c1ccc(Cl)c2c(NS(C)(=O)=O)nn(C)c12. The summed E-state index contributed by atoms with van der Waals surface area (Å²) in [5.41, 5.74) is -1.97. The molecule has 6 aromatic rings. The van der Waals surface area contributed by atoms with Crippen molar-refractivity contribution in [3.63, 3.8) is 0 Å². The Balaban J connectivity index is 1.30. The minimum Gasteiger partial charge on any atom is -0.353 e. The number of nitrogens with one attached hydrogen (secondary N) is 2. The predicted octanol–water partition coefficient (Wildman–Crippen LogP) is 7.27. The maximum absolute atomic E-state index is 15.3. The van der Waals surface area contributed by atoms with Crippen LogP contribution in [0.15, 0.2) is 54.9 Å². The van der Waals surface area contributed by atoms with E-state index in [-0.39, 0.29) is 50.7 Å². The number of carbonyl (C=O) groups is 1. The van der Waals surface area contributed by atoms with Gasteiger partial charge < -0.3 is 14.6 Å². The van der Waals surface area contributed by atoms with E-state index in [1.165, 1.54) is 17.7 Å². The molecule has 0 saturated carbocycles. The van der Waals surface area contributed by atoms with Gasteiger partial charge >= 0.3 is 0 Å². The number of nitrogens with zero attached hydrogens (tertiary/aromatic N) is 7. The molecule has 62 heavy (non-hydrogen) atoms. The summed E-state index contributed by atoms with van der Waals surface area (Å²) in [5, 5.41) is 11.2. The number of ether oxygens (including phenoxy) is 1. The van der Waals surface area contributed by atoms with Crippen LogP contribution >= 0.6 is 11.6 Å². The molecule has 2 aromatic carbocycles. The van der Waals surface area contributed by atoms with E-state index in [0.717, 1.165) is 18.4 Å². The number of hydrogen-bond donors (Lipinski definition) is 2. The fourth-order valence-electron chi connectivity index (χ4n) is 8.26. The van der Waals surface area contributed by atoms with Crippen LogP contribution in [0.25, 0.3) is 22.0 Å². The van der Waals surface area contributed by atoms with Crippen LogP contribution in [-0.4, -0.2) is 61.3 Å². The van der Waals surface area contributed by atoms with E-state index in [1.807, 2.05) is 4.57 Å². The first-order valence-electron chi connectivity index (χ1n) is 19.1. The number of imidazole rings is 1. The summed E-state index contributed by atoms with van der Waals surface area (Å²) in [7, 11) is -2.30. The number of halogens is 7. The maximum atomic E-state index is 15.3. The summed E-state index contributed by atoms with van der Waals surface area (Å²) < 4.78 is 125. The second-order valence-corrected chi connectivity index (χ2v) is 17.5. The van der Waals surface area contributed by atoms with Gasteiger partial charge in [-0.3, -0.25) is 18.9 Å². The lowest BCUT2D eigenvalue weighted by atomic mass is 9.93. The van der Waals surface area contributed by atoms with Crippen molar-refractivity contribution in [2.24, 2.45) is 7.05 Å². The quantitative estimate of drug-likeness (QED) is 0.108. The summed E-state index contributed by atoms with van der Waals surface area (Å²) >= 11 is 6.64. The monoisotopic (exact) mass is 899 g/mol. The molecular formula is C41H36ClF6N9O4S. The molecule has 8 rings (SSSR count). The van der Waals surface area contributed by atoms with Gasteiger partial charge in [-0.15, -0.1) is 0 Å². The van der Waals surface area contributed by atoms with Crippen molar-refractivity contribution in [1.29, 1.82) is 0 Å². The third kappa shape index (κ3) is 8.11. The molecule has 0 spiro atoms. The number of aromatic nitrogens is 7. The van der Waals surface area contributed by atoms with Crippen LogP contribution in [0.4, 0.5) is 32.2 Å². The number of anilines is 1. The van der Waals surface area contributed by atoms with Gasteiger partial charge in [0, 0.05) is 55.2 Å². The Morgan fingerprint density at radius 3 is 2.52 bits per heavy atom. The number of carbonyl (C=O) groups excluding carboxylic acids is 1. The Labute approximate surface area is 355 Å². The highest BCUT2D eigenvalue weighted by atomic mass is 35.5. The zero-order valence-electron chi connectivity index (χ0n) is 33.3. The minimum absolute atomic E-state index is 0.0476. The number of hydrogen-bond acceptors (Lipinski definition) is 8. The third-order valence-electron chi connectivity index (χ3n) is 10.7. The minimum atomic E-state index is -3.84. The molecule has 1 amide bonds. The Kier molecular flexibility index (Phi) is 10.9. The van der Waals surface area contributed by atoms with Crippen molar-refractivity contribution >= 4 is 44.3 Å². The van der Waals surface area contributed by atoms with Crippen molar-refractivity contribution in [3.05, 3.63) is 111 Å². The Morgan fingerprint density at radius 1 is 1.08 bits per heavy atom. The van der Waals surface area contributed by atoms with E-state index in [2.05, 4.69) is 37.1 Å². The van der Waals surface area contributed by atoms with Gasteiger partial charge in [0.25, 0.3) is 12.3 Å². The second-order valence-electron chi connectivity index (χ2n) is 15.4. The third-order valence-corrected chi connectivity index (χ3v) is 11.6. The Bertz CT molecular complexity index is 2940. The lowest BCUT2D eigenvalue weighted by molar-refractivity contribution is -0.122. The first-order valence-corrected chi connectivity index (χ1v) is 21.3. The molecule has 5 heterocycles. The molecule has 0 saturated heterocycles. The number of pyridine rings is 1. The molecule has 0 radical (unpaired) electrons. The van der Waals surface area contributed by atoms with E-state index in [9.17, 15) is 30.8 Å². The number of fused-ring (bicyclic) bond motifs is 3. The van der Waals surface area contributed by atoms with Crippen LogP contribution < -0.4 is 10.0 Å². The summed E-state index contributed by atoms with van der Waals surface area (Å²) in [6.07, 6.45) is 0.0517. The van der Waals surface area contributed by atoms with Gasteiger partial charge in [-0.05, 0) is 61.1 Å². The molecule has 324 valence electrons. The van der Waals surface area contributed by atoms with Gasteiger partial charge in [-0.1, -0.05) is 30.5 Å². The van der Waals surface area contributed by atoms with Crippen LogP contribution in [0.1, 0.15) is 78.4 Å². The lowest BCUT2D eigenvalue weighted by Gasteiger charge is -2.29. The summed E-state index contributed by atoms with van der Waals surface area (Å²) in [6, 6.07) is 7.68. The van der Waals surface area contributed by atoms with E-state index in [0.29, 0.717) is 40.8 Å². The molecule has 21 heteroatoms. The molecule has 4 aromatic heterocycles. The average molecular weight is 900 g/mol. The summed E-state index contributed by atoms with van der Waals surface area (Å²) in [4.78, 5) is 23.4. The van der Waals surface area contributed by atoms with Crippen molar-refractivity contribution in [1.82, 2.24) is 39.4 Å². The van der Waals surface area contributed by atoms with Crippen LogP contribution in [-0.2, 0) is 57.6 Å². The highest BCUT2D eigenvalue weighted by Crippen LogP contribution is 2.51. The first kappa shape index (κ1) is 42.8. The summed E-state index contributed by atoms with van der Waals surface area (Å²) in [5.74, 6) is -0.806. The molecule has 3 atom stereocenters. The molecule has 13 nitrogen and oxygen atoms in total. The van der Waals surface area contributed by atoms with Crippen molar-refractivity contribution in [3.8, 4) is 23.0 Å². The fourth-order valence-corrected chi connectivity index (χ4v) is 8.99. The van der Waals surface area contributed by atoms with E-state index < -0.39 is 81.8 Å². The molecule has 2 aliphatic rings. The van der Waals surface area contributed by atoms with Crippen LogP contribution in [0, 0.1) is 23.5 Å². The van der Waals surface area contributed by atoms with Gasteiger partial charge in [0.15, 0.2) is 17.2 Å². The zero-order valence-corrected chi connectivity index (χ0v) is 34.9. The molecule has 2 unspecified atom stereocenters. The molecule has 1 aliphatic heterocycles. The standard InChI is InChI=1S/C41H36ClF6N9O4S/c1-21-19-41(47,48)36-31(21)34(37(45)46)52-57(36)20-30(58)51-29(17-22-15-23(43)18-24(44)16-22)33-26(27-7-8-28(42)32-35(27)55(3)53-38(32)54-62(4,59)60)6-5-25(50-33)9-10-40(2)39-49-11-12-56(39)13-14-61-40/h5-8,11-12,15-16,18,21,29,37H,13-14,17,19-20H2,1-4H3,(H,51,58)(H,53,54)/t21-,29?,40?/m0/s1. The van der Waals surface area contributed by atoms with Crippen molar-refractivity contribution in [2.45, 2.75) is 69.7 Å². The van der Waals surface area contributed by atoms with Crippen LogP contribution in [0.2, 0.25) is 5.02 Å². The van der Waals surface area contributed by atoms with Crippen molar-refractivity contribution in [2.75, 3.05) is 17.6 Å². The lowest BCUT2D eigenvalue weighted by Crippen LogP contribution is -2.35. The van der Waals surface area contributed by atoms with E-state index in [1.54, 1.807) is 44.6 Å². The maximum Gasteiger partial charge on any atom is 0.290 e. The molecule has 2 N–H and O–H groups in total. The van der Waals surface area contributed by atoms with E-state index >= 15 is 8.78 Å². The largest absolute Gasteiger partial charge is 0.353 e. The van der Waals surface area contributed by atoms with E-state index in [4.69, 9.17) is 21.3 Å². The topological polar surface area (TPSA) is 151 Å². The fraction of sp³-hybridized carbons (Fsp3) is 0.341. The molecule has 0 bridgehead atoms. The number of sulfonamides is 1. The molecule has 0 fully saturated rings. The van der Waals surface area contributed by atoms with Gasteiger partial charge in [0.1, 0.15) is 35.3 Å². The summed E-state index contributed by atoms with van der Waals surface area (Å²) in [6.45, 7) is 3.06. The number of aryl methyl sites for hydroxylation is 1. The predicted molar refractivity (Wildman–Crippen MR) is 215 cm³/mol. The zero-order chi connectivity index (χ0) is 44.5. The second kappa shape index (κ2) is 15.8.